The van der Waals surface area contributed by atoms with E-state index in [-0.39, 0.29) is 11.1 Å². The van der Waals surface area contributed by atoms with Crippen molar-refractivity contribution in [3.8, 4) is 0 Å². The molecule has 0 amide bonds. The molecule has 0 saturated heterocycles. The zero-order chi connectivity index (χ0) is 25.7. The Kier molecular flexibility index (Phi) is 9.35. The van der Waals surface area contributed by atoms with Gasteiger partial charge in [-0.2, -0.15) is 0 Å². The topological polar surface area (TPSA) is 121 Å². The van der Waals surface area contributed by atoms with Crippen molar-refractivity contribution in [1.29, 1.82) is 0 Å². The third kappa shape index (κ3) is 6.21. The van der Waals surface area contributed by atoms with Gasteiger partial charge in [0, 0.05) is 25.0 Å². The SMILES string of the molecule is C/C=C/CC(O)(Cc1ccc(F)cc1F)[C@@H](O)[C@@](O)(Cc1ccc(F)cc1F)[C@H](O)[C@@H](O)CO. The van der Waals surface area contributed by atoms with Crippen LogP contribution in [-0.2, 0) is 12.8 Å². The Morgan fingerprint density at radius 2 is 1.35 bits per heavy atom. The summed E-state index contributed by atoms with van der Waals surface area (Å²) >= 11 is 0. The number of allylic oxidation sites excluding steroid dienone is 1. The molecule has 0 saturated carbocycles. The molecule has 0 fully saturated rings. The van der Waals surface area contributed by atoms with Crippen molar-refractivity contribution in [3.63, 3.8) is 0 Å². The number of hydrogen-bond donors (Lipinski definition) is 6. The van der Waals surface area contributed by atoms with Crippen LogP contribution in [0.2, 0.25) is 0 Å². The Bertz CT molecular complexity index is 1000. The van der Waals surface area contributed by atoms with Crippen LogP contribution in [0.4, 0.5) is 17.6 Å². The van der Waals surface area contributed by atoms with Crippen molar-refractivity contribution >= 4 is 0 Å². The Balaban J connectivity index is 2.59. The van der Waals surface area contributed by atoms with Gasteiger partial charge < -0.3 is 30.6 Å². The van der Waals surface area contributed by atoms with Gasteiger partial charge >= 0.3 is 0 Å². The highest BCUT2D eigenvalue weighted by Gasteiger charge is 2.54. The van der Waals surface area contributed by atoms with Crippen LogP contribution in [0.1, 0.15) is 24.5 Å². The fourth-order valence-electron chi connectivity index (χ4n) is 3.83. The summed E-state index contributed by atoms with van der Waals surface area (Å²) in [5, 5.41) is 63.7. The Hall–Kier alpha value is -2.34. The lowest BCUT2D eigenvalue weighted by Crippen LogP contribution is -2.66. The highest BCUT2D eigenvalue weighted by atomic mass is 19.1. The standard InChI is InChI=1S/C24H28F4O6/c1-2-3-8-23(33,11-14-4-6-16(25)9-18(14)27)22(32)24(34,21(31)20(30)13-29)12-15-5-7-17(26)10-19(15)28/h2-7,9-10,20-22,29-34H,8,11-13H2,1H3/b3-2+/t20-,21+,22+,23?,24+/m0/s1. The zero-order valence-electron chi connectivity index (χ0n) is 18.4. The molecule has 0 heterocycles. The monoisotopic (exact) mass is 488 g/mol. The number of hydrogen-bond acceptors (Lipinski definition) is 6. The molecular formula is C24H28F4O6. The largest absolute Gasteiger partial charge is 0.394 e. The van der Waals surface area contributed by atoms with Gasteiger partial charge in [0.1, 0.15) is 52.8 Å². The van der Waals surface area contributed by atoms with Crippen molar-refractivity contribution in [2.45, 2.75) is 55.7 Å². The van der Waals surface area contributed by atoms with Gasteiger partial charge in [0.25, 0.3) is 0 Å². The summed E-state index contributed by atoms with van der Waals surface area (Å²) in [6.45, 7) is 0.512. The van der Waals surface area contributed by atoms with E-state index in [0.717, 1.165) is 24.3 Å². The van der Waals surface area contributed by atoms with E-state index in [1.165, 1.54) is 12.2 Å². The molecule has 34 heavy (non-hydrogen) atoms. The number of aliphatic hydroxyl groups excluding tert-OH is 4. The Morgan fingerprint density at radius 3 is 1.79 bits per heavy atom. The van der Waals surface area contributed by atoms with Crippen LogP contribution in [0.3, 0.4) is 0 Å². The van der Waals surface area contributed by atoms with Gasteiger partial charge in [0.15, 0.2) is 0 Å². The maximum Gasteiger partial charge on any atom is 0.129 e. The molecule has 0 aliphatic rings. The second-order valence-corrected chi connectivity index (χ2v) is 8.29. The third-order valence-corrected chi connectivity index (χ3v) is 5.75. The molecule has 0 aromatic heterocycles. The van der Waals surface area contributed by atoms with E-state index in [2.05, 4.69) is 0 Å². The van der Waals surface area contributed by atoms with E-state index in [1.54, 1.807) is 6.92 Å². The fraction of sp³-hybridized carbons (Fsp3) is 0.417. The van der Waals surface area contributed by atoms with E-state index in [4.69, 9.17) is 0 Å². The Morgan fingerprint density at radius 1 is 0.853 bits per heavy atom. The lowest BCUT2D eigenvalue weighted by molar-refractivity contribution is -0.228. The maximum atomic E-state index is 14.3. The summed E-state index contributed by atoms with van der Waals surface area (Å²) in [5.41, 5.74) is -5.95. The molecule has 10 heteroatoms. The molecule has 6 nitrogen and oxygen atoms in total. The molecule has 1 unspecified atom stereocenters. The predicted molar refractivity (Wildman–Crippen MR) is 115 cm³/mol. The fourth-order valence-corrected chi connectivity index (χ4v) is 3.83. The molecule has 0 spiro atoms. The first kappa shape index (κ1) is 27.9. The van der Waals surface area contributed by atoms with Crippen LogP contribution in [0, 0.1) is 23.3 Å². The summed E-state index contributed by atoms with van der Waals surface area (Å²) in [6.07, 6.45) is -5.89. The number of benzene rings is 2. The van der Waals surface area contributed by atoms with Gasteiger partial charge in [-0.1, -0.05) is 24.3 Å². The summed E-state index contributed by atoms with van der Waals surface area (Å²) in [7, 11) is 0. The number of aliphatic hydroxyl groups is 6. The van der Waals surface area contributed by atoms with E-state index in [0.29, 0.717) is 12.1 Å². The molecule has 2 rings (SSSR count). The first-order valence-electron chi connectivity index (χ1n) is 10.5. The molecular weight excluding hydrogens is 460 g/mol. The van der Waals surface area contributed by atoms with Gasteiger partial charge in [-0.05, 0) is 36.6 Å². The quantitative estimate of drug-likeness (QED) is 0.211. The minimum absolute atomic E-state index is 0.236. The maximum absolute atomic E-state index is 14.3. The number of halogens is 4. The van der Waals surface area contributed by atoms with Gasteiger partial charge in [0.2, 0.25) is 0 Å². The van der Waals surface area contributed by atoms with Crippen LogP contribution >= 0.6 is 0 Å². The first-order valence-corrected chi connectivity index (χ1v) is 10.5. The van der Waals surface area contributed by atoms with Crippen molar-refractivity contribution in [1.82, 2.24) is 0 Å². The van der Waals surface area contributed by atoms with Crippen molar-refractivity contribution in [3.05, 3.63) is 82.9 Å². The average Bonchev–Trinajstić information content (AvgIpc) is 2.79. The summed E-state index contributed by atoms with van der Waals surface area (Å²) in [5.74, 6) is -4.01. The van der Waals surface area contributed by atoms with E-state index < -0.39 is 78.7 Å². The van der Waals surface area contributed by atoms with Gasteiger partial charge in [-0.25, -0.2) is 17.6 Å². The molecule has 0 aliphatic heterocycles. The van der Waals surface area contributed by atoms with Crippen LogP contribution in [0.15, 0.2) is 48.6 Å². The van der Waals surface area contributed by atoms with Crippen molar-refractivity contribution in [2.24, 2.45) is 0 Å². The predicted octanol–water partition coefficient (Wildman–Crippen LogP) is 1.53. The highest BCUT2D eigenvalue weighted by Crippen LogP contribution is 2.35. The first-order chi connectivity index (χ1) is 15.9. The molecule has 0 bridgehead atoms. The van der Waals surface area contributed by atoms with Crippen LogP contribution in [-0.4, -0.2) is 66.8 Å². The second-order valence-electron chi connectivity index (χ2n) is 8.29. The minimum Gasteiger partial charge on any atom is -0.394 e. The normalized spacial score (nSPS) is 18.3. The van der Waals surface area contributed by atoms with Crippen molar-refractivity contribution in [2.75, 3.05) is 6.61 Å². The second kappa shape index (κ2) is 11.4. The van der Waals surface area contributed by atoms with Crippen molar-refractivity contribution < 1.29 is 48.2 Å². The van der Waals surface area contributed by atoms with Crippen LogP contribution < -0.4 is 0 Å². The van der Waals surface area contributed by atoms with Gasteiger partial charge in [0.05, 0.1) is 6.61 Å². The molecule has 2 aromatic carbocycles. The van der Waals surface area contributed by atoms with Crippen LogP contribution in [0.5, 0.6) is 0 Å². The summed E-state index contributed by atoms with van der Waals surface area (Å²) in [4.78, 5) is 0. The molecule has 0 radical (unpaired) electrons. The zero-order valence-corrected chi connectivity index (χ0v) is 18.4. The molecule has 188 valence electrons. The molecule has 0 aliphatic carbocycles. The molecule has 2 aromatic rings. The average molecular weight is 488 g/mol. The third-order valence-electron chi connectivity index (χ3n) is 5.75. The summed E-state index contributed by atoms with van der Waals surface area (Å²) < 4.78 is 55.3. The minimum atomic E-state index is -2.91. The summed E-state index contributed by atoms with van der Waals surface area (Å²) in [6, 6.07) is 4.80. The van der Waals surface area contributed by atoms with E-state index >= 15 is 0 Å². The lowest BCUT2D eigenvalue weighted by Gasteiger charge is -2.46. The molecule has 6 N–H and O–H groups in total. The van der Waals surface area contributed by atoms with E-state index in [9.17, 15) is 48.2 Å². The van der Waals surface area contributed by atoms with E-state index in [1.807, 2.05) is 0 Å². The van der Waals surface area contributed by atoms with Crippen LogP contribution in [0.25, 0.3) is 0 Å². The number of rotatable bonds is 11. The lowest BCUT2D eigenvalue weighted by atomic mass is 9.71. The molecule has 5 atom stereocenters. The van der Waals surface area contributed by atoms with Gasteiger partial charge in [-0.3, -0.25) is 0 Å². The highest BCUT2D eigenvalue weighted by molar-refractivity contribution is 5.26. The Labute approximate surface area is 194 Å². The smallest absolute Gasteiger partial charge is 0.129 e. The van der Waals surface area contributed by atoms with Gasteiger partial charge in [-0.15, -0.1) is 0 Å².